The van der Waals surface area contributed by atoms with Crippen LogP contribution in [0, 0.1) is 20.8 Å². The van der Waals surface area contributed by atoms with Crippen LogP contribution < -0.4 is 4.90 Å². The van der Waals surface area contributed by atoms with Gasteiger partial charge in [0.05, 0.1) is 17.9 Å². The van der Waals surface area contributed by atoms with Crippen LogP contribution in [0.3, 0.4) is 0 Å². The summed E-state index contributed by atoms with van der Waals surface area (Å²) in [5.41, 5.74) is 2.10. The highest BCUT2D eigenvalue weighted by molar-refractivity contribution is 7.13. The molecule has 1 aliphatic heterocycles. The van der Waals surface area contributed by atoms with Gasteiger partial charge in [-0.15, -0.1) is 11.3 Å². The molecule has 1 fully saturated rings. The van der Waals surface area contributed by atoms with Crippen molar-refractivity contribution in [2.75, 3.05) is 24.5 Å². The van der Waals surface area contributed by atoms with Gasteiger partial charge in [-0.05, 0) is 27.7 Å². The Kier molecular flexibility index (Phi) is 3.99. The van der Waals surface area contributed by atoms with Gasteiger partial charge in [-0.1, -0.05) is 0 Å². The Morgan fingerprint density at radius 3 is 2.67 bits per heavy atom. The van der Waals surface area contributed by atoms with Crippen LogP contribution in [0.1, 0.15) is 30.0 Å². The lowest BCUT2D eigenvalue weighted by Gasteiger charge is -2.39. The van der Waals surface area contributed by atoms with Crippen LogP contribution in [0.5, 0.6) is 0 Å². The van der Waals surface area contributed by atoms with E-state index in [9.17, 15) is 0 Å². The Bertz CT molecular complexity index is 601. The number of nitrogens with zero attached hydrogens (tertiary/aromatic N) is 4. The van der Waals surface area contributed by atoms with Gasteiger partial charge >= 0.3 is 0 Å². The van der Waals surface area contributed by atoms with Gasteiger partial charge in [0.1, 0.15) is 5.76 Å². The molecule has 2 aromatic rings. The van der Waals surface area contributed by atoms with Gasteiger partial charge < -0.3 is 9.32 Å². The second-order valence-corrected chi connectivity index (χ2v) is 6.63. The molecule has 3 heterocycles. The maximum Gasteiger partial charge on any atom is 0.208 e. The minimum atomic E-state index is 0.460. The average molecular weight is 306 g/mol. The summed E-state index contributed by atoms with van der Waals surface area (Å²) in [6, 6.07) is 0.460. The number of piperazine rings is 1. The topological polar surface area (TPSA) is 45.4 Å². The van der Waals surface area contributed by atoms with E-state index in [0.29, 0.717) is 6.04 Å². The molecule has 1 saturated heterocycles. The van der Waals surface area contributed by atoms with Crippen molar-refractivity contribution in [2.45, 2.75) is 40.3 Å². The fourth-order valence-corrected chi connectivity index (χ4v) is 3.66. The first-order chi connectivity index (χ1) is 10.0. The van der Waals surface area contributed by atoms with Gasteiger partial charge in [-0.25, -0.2) is 9.97 Å². The van der Waals surface area contributed by atoms with Gasteiger partial charge in [0.25, 0.3) is 0 Å². The largest absolute Gasteiger partial charge is 0.444 e. The van der Waals surface area contributed by atoms with Crippen molar-refractivity contribution >= 4 is 16.5 Å². The molecule has 0 unspecified atom stereocenters. The number of hydrogen-bond donors (Lipinski definition) is 0. The van der Waals surface area contributed by atoms with Crippen LogP contribution in [0.4, 0.5) is 5.13 Å². The minimum Gasteiger partial charge on any atom is -0.444 e. The Morgan fingerprint density at radius 1 is 1.29 bits per heavy atom. The molecule has 0 aromatic carbocycles. The summed E-state index contributed by atoms with van der Waals surface area (Å²) in [5, 5.41) is 3.26. The van der Waals surface area contributed by atoms with Gasteiger partial charge in [0.2, 0.25) is 5.89 Å². The Hall–Kier alpha value is -1.40. The van der Waals surface area contributed by atoms with E-state index in [4.69, 9.17) is 4.42 Å². The normalized spacial score (nSPS) is 20.2. The third-order valence-corrected chi connectivity index (χ3v) is 4.99. The molecular weight excluding hydrogens is 284 g/mol. The Morgan fingerprint density at radius 2 is 2.10 bits per heavy atom. The van der Waals surface area contributed by atoms with Gasteiger partial charge in [-0.2, -0.15) is 0 Å². The molecule has 5 nitrogen and oxygen atoms in total. The first-order valence-electron chi connectivity index (χ1n) is 7.37. The van der Waals surface area contributed by atoms with Crippen molar-refractivity contribution in [2.24, 2.45) is 0 Å². The van der Waals surface area contributed by atoms with Crippen LogP contribution in [0.15, 0.2) is 9.80 Å². The van der Waals surface area contributed by atoms with E-state index < -0.39 is 0 Å². The highest BCUT2D eigenvalue weighted by Gasteiger charge is 2.26. The van der Waals surface area contributed by atoms with Crippen molar-refractivity contribution in [1.82, 2.24) is 14.9 Å². The Labute approximate surface area is 129 Å². The lowest BCUT2D eigenvalue weighted by Crippen LogP contribution is -2.51. The van der Waals surface area contributed by atoms with Crippen molar-refractivity contribution < 1.29 is 4.42 Å². The second-order valence-electron chi connectivity index (χ2n) is 5.80. The molecule has 1 aliphatic rings. The number of oxazole rings is 1. The average Bonchev–Trinajstić information content (AvgIpc) is 2.97. The van der Waals surface area contributed by atoms with Crippen LogP contribution in [0.25, 0.3) is 0 Å². The maximum atomic E-state index is 5.69. The molecule has 1 atom stereocenters. The zero-order valence-corrected chi connectivity index (χ0v) is 13.9. The van der Waals surface area contributed by atoms with Crippen LogP contribution in [-0.2, 0) is 6.54 Å². The molecule has 0 bridgehead atoms. The standard InChI is InChI=1S/C15H22N4OS/c1-10-9-21-15(16-10)19-6-5-18(7-11(19)2)8-14-17-12(3)13(4)20-14/h9,11H,5-8H2,1-4H3/t11-/m0/s1. The predicted octanol–water partition coefficient (Wildman–Crippen LogP) is 2.77. The summed E-state index contributed by atoms with van der Waals surface area (Å²) < 4.78 is 5.69. The molecule has 3 rings (SSSR count). The summed E-state index contributed by atoms with van der Waals surface area (Å²) in [7, 11) is 0. The van der Waals surface area contributed by atoms with Crippen molar-refractivity contribution in [3.63, 3.8) is 0 Å². The Balaban J connectivity index is 1.62. The lowest BCUT2D eigenvalue weighted by atomic mass is 10.2. The quantitative estimate of drug-likeness (QED) is 0.872. The number of rotatable bonds is 3. The fraction of sp³-hybridized carbons (Fsp3) is 0.600. The van der Waals surface area contributed by atoms with E-state index in [-0.39, 0.29) is 0 Å². The molecule has 0 spiro atoms. The minimum absolute atomic E-state index is 0.460. The van der Waals surface area contributed by atoms with Crippen molar-refractivity contribution in [1.29, 1.82) is 0 Å². The van der Waals surface area contributed by atoms with Crippen LogP contribution in [0.2, 0.25) is 0 Å². The lowest BCUT2D eigenvalue weighted by molar-refractivity contribution is 0.201. The van der Waals surface area contributed by atoms with E-state index >= 15 is 0 Å². The first kappa shape index (κ1) is 14.5. The van der Waals surface area contributed by atoms with Gasteiger partial charge in [-0.3, -0.25) is 4.90 Å². The summed E-state index contributed by atoms with van der Waals surface area (Å²) in [5.74, 6) is 1.76. The molecule has 0 radical (unpaired) electrons. The number of anilines is 1. The number of hydrogen-bond acceptors (Lipinski definition) is 6. The summed E-state index contributed by atoms with van der Waals surface area (Å²) in [6.07, 6.45) is 0. The van der Waals surface area contributed by atoms with E-state index in [1.54, 1.807) is 11.3 Å². The number of aryl methyl sites for hydroxylation is 3. The van der Waals surface area contributed by atoms with Crippen LogP contribution in [-0.4, -0.2) is 40.5 Å². The van der Waals surface area contributed by atoms with Crippen molar-refractivity contribution in [3.8, 4) is 0 Å². The molecule has 114 valence electrons. The van der Waals surface area contributed by atoms with Crippen molar-refractivity contribution in [3.05, 3.63) is 28.4 Å². The summed E-state index contributed by atoms with van der Waals surface area (Å²) >= 11 is 1.74. The molecule has 6 heteroatoms. The summed E-state index contributed by atoms with van der Waals surface area (Å²) in [4.78, 5) is 13.9. The molecule has 2 aromatic heterocycles. The third-order valence-electron chi connectivity index (χ3n) is 4.00. The molecule has 0 saturated carbocycles. The first-order valence-corrected chi connectivity index (χ1v) is 8.25. The molecule has 0 amide bonds. The van der Waals surface area contributed by atoms with E-state index in [0.717, 1.165) is 54.3 Å². The molecule has 0 N–H and O–H groups in total. The zero-order valence-electron chi connectivity index (χ0n) is 13.1. The van der Waals surface area contributed by atoms with Crippen LogP contribution >= 0.6 is 11.3 Å². The molecule has 0 aliphatic carbocycles. The summed E-state index contributed by atoms with van der Waals surface area (Å²) in [6.45, 7) is 12.1. The monoisotopic (exact) mass is 306 g/mol. The van der Waals surface area contributed by atoms with E-state index in [1.807, 2.05) is 20.8 Å². The molecular formula is C15H22N4OS. The smallest absolute Gasteiger partial charge is 0.208 e. The zero-order chi connectivity index (χ0) is 15.0. The molecule has 21 heavy (non-hydrogen) atoms. The third kappa shape index (κ3) is 3.11. The second kappa shape index (κ2) is 5.77. The van der Waals surface area contributed by atoms with Gasteiger partial charge in [0.15, 0.2) is 5.13 Å². The van der Waals surface area contributed by atoms with Gasteiger partial charge in [0, 0.05) is 31.1 Å². The predicted molar refractivity (Wildman–Crippen MR) is 84.9 cm³/mol. The fourth-order valence-electron chi connectivity index (χ4n) is 2.73. The number of aromatic nitrogens is 2. The SMILES string of the molecule is Cc1csc(N2CCN(Cc3nc(C)c(C)o3)C[C@@H]2C)n1. The highest BCUT2D eigenvalue weighted by atomic mass is 32.1. The number of thiazole rings is 1. The van der Waals surface area contributed by atoms with E-state index in [1.165, 1.54) is 0 Å². The highest BCUT2D eigenvalue weighted by Crippen LogP contribution is 2.25. The van der Waals surface area contributed by atoms with E-state index in [2.05, 4.69) is 32.1 Å². The maximum absolute atomic E-state index is 5.69.